The highest BCUT2D eigenvalue weighted by molar-refractivity contribution is 7.29. The number of hydrogen-bond acceptors (Lipinski definition) is 4. The molecule has 1 aromatic heterocycles. The van der Waals surface area contributed by atoms with Crippen molar-refractivity contribution in [2.45, 2.75) is 142 Å². The first kappa shape index (κ1) is 38.5. The summed E-state index contributed by atoms with van der Waals surface area (Å²) < 4.78 is 47.2. The molecule has 0 radical (unpaired) electrons. The van der Waals surface area contributed by atoms with Gasteiger partial charge in [0, 0.05) is 49.5 Å². The van der Waals surface area contributed by atoms with Crippen molar-refractivity contribution in [2.75, 3.05) is 14.7 Å². The van der Waals surface area contributed by atoms with Crippen molar-refractivity contribution in [1.29, 1.82) is 0 Å². The molecule has 6 aromatic carbocycles. The zero-order valence-corrected chi connectivity index (χ0v) is 42.4. The van der Waals surface area contributed by atoms with E-state index in [0.717, 1.165) is 54.1 Å². The van der Waals surface area contributed by atoms with E-state index in [1.165, 1.54) is 54.1 Å². The normalized spacial score (nSPS) is 19.0. The van der Waals surface area contributed by atoms with Crippen molar-refractivity contribution >= 4 is 84.9 Å². The molecule has 4 aliphatic rings. The lowest BCUT2D eigenvalue weighted by molar-refractivity contribution is 0.332. The Morgan fingerprint density at radius 3 is 1.88 bits per heavy atom. The topological polar surface area (TPSA) is 9.72 Å². The van der Waals surface area contributed by atoms with Gasteiger partial charge in [-0.05, 0) is 165 Å². The van der Waals surface area contributed by atoms with Crippen molar-refractivity contribution in [3.63, 3.8) is 0 Å². The monoisotopic (exact) mass is 903 g/mol. The fraction of sp³-hybridized carbons (Fsp3) is 0.355. The van der Waals surface area contributed by atoms with Crippen LogP contribution < -0.4 is 30.4 Å². The Hall–Kier alpha value is -5.52. The molecule has 0 fully saturated rings. The standard InChI is InChI=1S/C62H68BN3S/c1-39(2)41-20-19-25-45(34-41)65-51-35-42(40(3)4)26-29-50(51)63-55-52(65)37-47(64(43-21-15-13-16-22-43)44-23-17-14-18-24-44)38-53(55)66(46-27-28-48-49(36-46)60(7,8)31-30-59(48,5)6)56-54-57(67-58(56)63)62(11,12)33-32-61(54,9)10/h13-29,34-40H,30-33H2,1-12H3/i13D,15D,16D,21D,22D. The summed E-state index contributed by atoms with van der Waals surface area (Å²) in [7, 11) is 0. The lowest BCUT2D eigenvalue weighted by Gasteiger charge is -2.47. The summed E-state index contributed by atoms with van der Waals surface area (Å²) in [5.74, 6) is 0.578. The number of anilines is 9. The second-order valence-corrected chi connectivity index (χ2v) is 24.2. The molecule has 7 aromatic rings. The number of benzene rings is 6. The van der Waals surface area contributed by atoms with E-state index in [2.05, 4.69) is 166 Å². The predicted octanol–water partition coefficient (Wildman–Crippen LogP) is 16.2. The van der Waals surface area contributed by atoms with Gasteiger partial charge in [-0.15, -0.1) is 0 Å². The van der Waals surface area contributed by atoms with Crippen LogP contribution in [0.25, 0.3) is 0 Å². The van der Waals surface area contributed by atoms with Gasteiger partial charge in [0.25, 0.3) is 6.71 Å². The molecule has 0 N–H and O–H groups in total. The van der Waals surface area contributed by atoms with Crippen molar-refractivity contribution in [3.8, 4) is 0 Å². The zero-order valence-electron chi connectivity index (χ0n) is 46.6. The van der Waals surface area contributed by atoms with E-state index < -0.39 is 6.04 Å². The molecular weight excluding hydrogens is 830 g/mol. The van der Waals surface area contributed by atoms with E-state index in [9.17, 15) is 2.74 Å². The van der Waals surface area contributed by atoms with Gasteiger partial charge in [-0.1, -0.05) is 150 Å². The molecule has 0 saturated carbocycles. The molecule has 67 heavy (non-hydrogen) atoms. The first-order chi connectivity index (χ1) is 33.9. The van der Waals surface area contributed by atoms with Gasteiger partial charge in [-0.25, -0.2) is 0 Å². The molecule has 2 aliphatic heterocycles. The largest absolute Gasteiger partial charge is 0.311 e. The molecular formula is C62H68BN3S. The fourth-order valence-corrected chi connectivity index (χ4v) is 13.6. The number of hydrogen-bond donors (Lipinski definition) is 0. The van der Waals surface area contributed by atoms with E-state index in [0.29, 0.717) is 17.3 Å². The van der Waals surface area contributed by atoms with Crippen molar-refractivity contribution in [3.05, 3.63) is 166 Å². The minimum Gasteiger partial charge on any atom is -0.311 e. The van der Waals surface area contributed by atoms with Gasteiger partial charge in [0.1, 0.15) is 0 Å². The van der Waals surface area contributed by atoms with Gasteiger partial charge >= 0.3 is 0 Å². The summed E-state index contributed by atoms with van der Waals surface area (Å²) in [4.78, 5) is 8.45. The Morgan fingerprint density at radius 1 is 0.552 bits per heavy atom. The number of thiophene rings is 1. The third-order valence-electron chi connectivity index (χ3n) is 16.1. The molecule has 0 atom stereocenters. The summed E-state index contributed by atoms with van der Waals surface area (Å²) in [6, 6.07) is 36.2. The van der Waals surface area contributed by atoms with Crippen LogP contribution in [-0.2, 0) is 21.7 Å². The second-order valence-electron chi connectivity index (χ2n) is 23.2. The van der Waals surface area contributed by atoms with Crippen LogP contribution in [0.4, 0.5) is 51.2 Å². The van der Waals surface area contributed by atoms with Gasteiger partial charge in [-0.2, -0.15) is 11.3 Å². The number of rotatable bonds is 7. The van der Waals surface area contributed by atoms with Gasteiger partial charge in [0.15, 0.2) is 0 Å². The zero-order chi connectivity index (χ0) is 51.3. The third-order valence-corrected chi connectivity index (χ3v) is 17.7. The molecule has 11 rings (SSSR count). The van der Waals surface area contributed by atoms with Crippen LogP contribution in [0.15, 0.2) is 133 Å². The van der Waals surface area contributed by atoms with E-state index in [1.807, 2.05) is 46.6 Å². The summed E-state index contributed by atoms with van der Waals surface area (Å²) in [6.07, 6.45) is 4.37. The molecule has 0 unspecified atom stereocenters. The van der Waals surface area contributed by atoms with Gasteiger partial charge in [0.05, 0.1) is 18.2 Å². The Labute approximate surface area is 413 Å². The first-order valence-electron chi connectivity index (χ1n) is 27.2. The van der Waals surface area contributed by atoms with E-state index >= 15 is 0 Å². The van der Waals surface area contributed by atoms with Crippen molar-refractivity contribution in [2.24, 2.45) is 0 Å². The molecule has 3 heterocycles. The highest BCUT2D eigenvalue weighted by Crippen LogP contribution is 2.58. The summed E-state index contributed by atoms with van der Waals surface area (Å²) in [6.45, 7) is 28.3. The summed E-state index contributed by atoms with van der Waals surface area (Å²) in [5.41, 5.74) is 17.1. The van der Waals surface area contributed by atoms with Gasteiger partial charge in [0.2, 0.25) is 0 Å². The highest BCUT2D eigenvalue weighted by Gasteiger charge is 2.51. The number of para-hydroxylation sites is 2. The molecule has 0 spiro atoms. The first-order valence-corrected chi connectivity index (χ1v) is 25.5. The van der Waals surface area contributed by atoms with Crippen molar-refractivity contribution < 1.29 is 6.85 Å². The Morgan fingerprint density at radius 2 is 1.18 bits per heavy atom. The minimum absolute atomic E-state index is 0.0257. The van der Waals surface area contributed by atoms with Crippen LogP contribution in [0.1, 0.15) is 160 Å². The van der Waals surface area contributed by atoms with Crippen LogP contribution >= 0.6 is 11.3 Å². The van der Waals surface area contributed by atoms with Crippen LogP contribution in [0, 0.1) is 0 Å². The van der Waals surface area contributed by atoms with E-state index in [4.69, 9.17) is 4.11 Å². The highest BCUT2D eigenvalue weighted by atomic mass is 32.1. The molecule has 0 saturated heterocycles. The van der Waals surface area contributed by atoms with E-state index in [-0.39, 0.29) is 64.1 Å². The predicted molar refractivity (Wildman–Crippen MR) is 292 cm³/mol. The van der Waals surface area contributed by atoms with Crippen LogP contribution in [-0.4, -0.2) is 6.71 Å². The Kier molecular flexibility index (Phi) is 8.90. The SMILES string of the molecule is [2H]c1c([2H])c([2H])c(N(c2ccccc2)c2cc3c4c(c2)N(c2ccc5c(c2)C(C)(C)CCC5(C)C)c2c(sc5c2C(C)(C)CCC5(C)C)B4c2ccc(C(C)C)cc2N3c2cccc(C(C)C)c2)c([2H])c1[2H]. The lowest BCUT2D eigenvalue weighted by Crippen LogP contribution is -2.60. The molecule has 5 heteroatoms. The second kappa shape index (κ2) is 15.5. The number of fused-ring (bicyclic) bond motifs is 7. The number of nitrogens with zero attached hydrogens (tertiary/aromatic N) is 3. The smallest absolute Gasteiger partial charge is 0.264 e. The van der Waals surface area contributed by atoms with Crippen LogP contribution in [0.2, 0.25) is 0 Å². The molecule has 340 valence electrons. The quantitative estimate of drug-likeness (QED) is 0.148. The van der Waals surface area contributed by atoms with Crippen LogP contribution in [0.5, 0.6) is 0 Å². The average Bonchev–Trinajstić information content (AvgIpc) is 3.77. The lowest BCUT2D eigenvalue weighted by atomic mass is 9.36. The maximum absolute atomic E-state index is 9.55. The minimum atomic E-state index is -0.413. The maximum atomic E-state index is 9.55. The van der Waals surface area contributed by atoms with Crippen LogP contribution in [0.3, 0.4) is 0 Å². The Bertz CT molecular complexity index is 3340. The van der Waals surface area contributed by atoms with Crippen molar-refractivity contribution in [1.82, 2.24) is 0 Å². The molecule has 0 bridgehead atoms. The Balaban J connectivity index is 1.34. The molecule has 3 nitrogen and oxygen atoms in total. The van der Waals surface area contributed by atoms with E-state index in [1.54, 1.807) is 0 Å². The fourth-order valence-electron chi connectivity index (χ4n) is 11.9. The average molecular weight is 903 g/mol. The molecule has 2 aliphatic carbocycles. The van der Waals surface area contributed by atoms with Gasteiger partial charge in [-0.3, -0.25) is 0 Å². The summed E-state index contributed by atoms with van der Waals surface area (Å²) >= 11 is 2.02. The third kappa shape index (κ3) is 6.95. The summed E-state index contributed by atoms with van der Waals surface area (Å²) in [5, 5.41) is 0. The maximum Gasteiger partial charge on any atom is 0.264 e. The van der Waals surface area contributed by atoms with Gasteiger partial charge < -0.3 is 14.7 Å². The molecule has 0 amide bonds.